The molecular formula is C20H30N2O3. The van der Waals surface area contributed by atoms with Gasteiger partial charge in [0.25, 0.3) is 0 Å². The summed E-state index contributed by atoms with van der Waals surface area (Å²) in [4.78, 5) is 23.9. The fraction of sp³-hybridized carbons (Fsp3) is 0.600. The third-order valence-corrected chi connectivity index (χ3v) is 4.53. The van der Waals surface area contributed by atoms with Crippen molar-refractivity contribution < 1.29 is 14.3 Å². The zero-order chi connectivity index (χ0) is 18.4. The fourth-order valence-electron chi connectivity index (χ4n) is 2.67. The van der Waals surface area contributed by atoms with Crippen LogP contribution in [0.1, 0.15) is 57.2 Å². The van der Waals surface area contributed by atoms with Crippen molar-refractivity contribution in [3.8, 4) is 0 Å². The molecule has 0 bridgehead atoms. The van der Waals surface area contributed by atoms with Gasteiger partial charge in [-0.05, 0) is 41.8 Å². The average Bonchev–Trinajstić information content (AvgIpc) is 3.37. The molecular weight excluding hydrogens is 316 g/mol. The molecule has 1 aliphatic carbocycles. The van der Waals surface area contributed by atoms with Gasteiger partial charge in [0, 0.05) is 0 Å². The van der Waals surface area contributed by atoms with Crippen molar-refractivity contribution in [1.82, 2.24) is 10.6 Å². The van der Waals surface area contributed by atoms with Crippen LogP contribution in [0.4, 0.5) is 0 Å². The van der Waals surface area contributed by atoms with Crippen molar-refractivity contribution in [3.63, 3.8) is 0 Å². The Bertz CT molecular complexity index is 586. The molecule has 1 aliphatic rings. The Balaban J connectivity index is 2.00. The molecule has 5 nitrogen and oxygen atoms in total. The van der Waals surface area contributed by atoms with Gasteiger partial charge < -0.3 is 15.4 Å². The monoisotopic (exact) mass is 346 g/mol. The van der Waals surface area contributed by atoms with Crippen LogP contribution in [0.25, 0.3) is 0 Å². The van der Waals surface area contributed by atoms with Crippen molar-refractivity contribution >= 4 is 11.9 Å². The Morgan fingerprint density at radius 2 is 1.84 bits per heavy atom. The quantitative estimate of drug-likeness (QED) is 0.710. The minimum Gasteiger partial charge on any atom is -0.469 e. The summed E-state index contributed by atoms with van der Waals surface area (Å²) >= 11 is 0. The highest BCUT2D eigenvalue weighted by Crippen LogP contribution is 2.27. The highest BCUT2D eigenvalue weighted by molar-refractivity contribution is 5.79. The van der Waals surface area contributed by atoms with Crippen LogP contribution < -0.4 is 10.6 Å². The zero-order valence-electron chi connectivity index (χ0n) is 15.7. The summed E-state index contributed by atoms with van der Waals surface area (Å²) < 4.78 is 4.78. The molecule has 0 spiro atoms. The number of carbonyl (C=O) groups is 2. The van der Waals surface area contributed by atoms with Crippen LogP contribution >= 0.6 is 0 Å². The van der Waals surface area contributed by atoms with Crippen LogP contribution in [0.15, 0.2) is 24.3 Å². The standard InChI is InChI=1S/C20H30N2O3/c1-20(2,3)16-9-7-15(8-10-16)17(11-19(24)25-4)22-18(23)13-21-12-14-5-6-14/h7-10,14,17,21H,5-6,11-13H2,1-4H3,(H,22,23). The molecule has 1 aromatic rings. The van der Waals surface area contributed by atoms with Crippen LogP contribution in [0.5, 0.6) is 0 Å². The second-order valence-electron chi connectivity index (χ2n) is 7.85. The SMILES string of the molecule is COC(=O)CC(NC(=O)CNCC1CC1)c1ccc(C(C)(C)C)cc1. The van der Waals surface area contributed by atoms with Gasteiger partial charge in [0.15, 0.2) is 0 Å². The van der Waals surface area contributed by atoms with Crippen molar-refractivity contribution in [2.45, 2.75) is 51.5 Å². The summed E-state index contributed by atoms with van der Waals surface area (Å²) in [5, 5.41) is 6.12. The summed E-state index contributed by atoms with van der Waals surface area (Å²) in [5.74, 6) is 0.286. The molecule has 1 fully saturated rings. The van der Waals surface area contributed by atoms with Gasteiger partial charge in [-0.2, -0.15) is 0 Å². The Labute approximate surface area is 150 Å². The molecule has 2 N–H and O–H groups in total. The third kappa shape index (κ3) is 6.50. The number of amides is 1. The van der Waals surface area contributed by atoms with Gasteiger partial charge in [-0.1, -0.05) is 45.0 Å². The number of nitrogens with one attached hydrogen (secondary N) is 2. The van der Waals surface area contributed by atoms with Crippen molar-refractivity contribution in [2.24, 2.45) is 5.92 Å². The molecule has 0 saturated heterocycles. The van der Waals surface area contributed by atoms with Gasteiger partial charge in [-0.15, -0.1) is 0 Å². The van der Waals surface area contributed by atoms with Crippen LogP contribution in [-0.4, -0.2) is 32.1 Å². The van der Waals surface area contributed by atoms with E-state index in [4.69, 9.17) is 4.74 Å². The van der Waals surface area contributed by atoms with Crippen molar-refractivity contribution in [1.29, 1.82) is 0 Å². The first kappa shape index (κ1) is 19.4. The lowest BCUT2D eigenvalue weighted by molar-refractivity contribution is -0.141. The summed E-state index contributed by atoms with van der Waals surface area (Å²) in [6, 6.07) is 7.68. The maximum Gasteiger partial charge on any atom is 0.307 e. The van der Waals surface area contributed by atoms with Crippen LogP contribution in [0.3, 0.4) is 0 Å². The van der Waals surface area contributed by atoms with E-state index in [9.17, 15) is 9.59 Å². The normalized spacial score (nSPS) is 15.5. The molecule has 1 saturated carbocycles. The van der Waals surface area contributed by atoms with Gasteiger partial charge in [0.1, 0.15) is 0 Å². The van der Waals surface area contributed by atoms with E-state index in [-0.39, 0.29) is 36.3 Å². The molecule has 1 unspecified atom stereocenters. The number of carbonyl (C=O) groups excluding carboxylic acids is 2. The van der Waals surface area contributed by atoms with Crippen molar-refractivity contribution in [2.75, 3.05) is 20.2 Å². The molecule has 1 aromatic carbocycles. The smallest absolute Gasteiger partial charge is 0.307 e. The largest absolute Gasteiger partial charge is 0.469 e. The summed E-state index contributed by atoms with van der Waals surface area (Å²) in [6.45, 7) is 7.62. The lowest BCUT2D eigenvalue weighted by atomic mass is 9.86. The molecule has 1 amide bonds. The van der Waals surface area contributed by atoms with E-state index in [1.807, 2.05) is 12.1 Å². The minimum atomic E-state index is -0.378. The Kier molecular flexibility index (Phi) is 6.59. The maximum absolute atomic E-state index is 12.2. The van der Waals surface area contributed by atoms with Gasteiger partial charge in [-0.3, -0.25) is 9.59 Å². The first-order valence-corrected chi connectivity index (χ1v) is 8.97. The van der Waals surface area contributed by atoms with Crippen LogP contribution in [0, 0.1) is 5.92 Å². The average molecular weight is 346 g/mol. The molecule has 1 atom stereocenters. The highest BCUT2D eigenvalue weighted by atomic mass is 16.5. The number of hydrogen-bond donors (Lipinski definition) is 2. The molecule has 5 heteroatoms. The van der Waals surface area contributed by atoms with Gasteiger partial charge >= 0.3 is 5.97 Å². The van der Waals surface area contributed by atoms with E-state index < -0.39 is 0 Å². The molecule has 138 valence electrons. The molecule has 0 radical (unpaired) electrons. The second kappa shape index (κ2) is 8.48. The number of rotatable bonds is 8. The van der Waals surface area contributed by atoms with E-state index in [0.29, 0.717) is 0 Å². The second-order valence-corrected chi connectivity index (χ2v) is 7.85. The van der Waals surface area contributed by atoms with Gasteiger partial charge in [0.2, 0.25) is 5.91 Å². The predicted molar refractivity (Wildman–Crippen MR) is 98.3 cm³/mol. The number of methoxy groups -OCH3 is 1. The Hall–Kier alpha value is -1.88. The van der Waals surface area contributed by atoms with E-state index in [2.05, 4.69) is 43.5 Å². The first-order valence-electron chi connectivity index (χ1n) is 8.97. The molecule has 0 aliphatic heterocycles. The van der Waals surface area contributed by atoms with Crippen LogP contribution in [-0.2, 0) is 19.7 Å². The van der Waals surface area contributed by atoms with E-state index in [1.165, 1.54) is 25.5 Å². The lowest BCUT2D eigenvalue weighted by Crippen LogP contribution is -2.37. The topological polar surface area (TPSA) is 67.4 Å². The lowest BCUT2D eigenvalue weighted by Gasteiger charge is -2.22. The number of esters is 1. The summed E-state index contributed by atoms with van der Waals surface area (Å²) in [7, 11) is 1.36. The van der Waals surface area contributed by atoms with Gasteiger partial charge in [-0.25, -0.2) is 0 Å². The van der Waals surface area contributed by atoms with Gasteiger partial charge in [0.05, 0.1) is 26.1 Å². The Morgan fingerprint density at radius 3 is 2.36 bits per heavy atom. The van der Waals surface area contributed by atoms with Crippen LogP contribution in [0.2, 0.25) is 0 Å². The summed E-state index contributed by atoms with van der Waals surface area (Å²) in [5.41, 5.74) is 2.19. The fourth-order valence-corrected chi connectivity index (χ4v) is 2.67. The highest BCUT2D eigenvalue weighted by Gasteiger charge is 2.22. The number of hydrogen-bond acceptors (Lipinski definition) is 4. The first-order chi connectivity index (χ1) is 11.8. The maximum atomic E-state index is 12.2. The number of benzene rings is 1. The zero-order valence-corrected chi connectivity index (χ0v) is 15.7. The molecule has 0 heterocycles. The number of ether oxygens (including phenoxy) is 1. The molecule has 25 heavy (non-hydrogen) atoms. The Morgan fingerprint density at radius 1 is 1.20 bits per heavy atom. The molecule has 2 rings (SSSR count). The van der Waals surface area contributed by atoms with E-state index in [1.54, 1.807) is 0 Å². The predicted octanol–water partition coefficient (Wildman–Crippen LogP) is 2.70. The molecule has 0 aromatic heterocycles. The van der Waals surface area contributed by atoms with E-state index >= 15 is 0 Å². The van der Waals surface area contributed by atoms with Crippen molar-refractivity contribution in [3.05, 3.63) is 35.4 Å². The van der Waals surface area contributed by atoms with E-state index in [0.717, 1.165) is 18.0 Å². The minimum absolute atomic E-state index is 0.0619. The third-order valence-electron chi connectivity index (χ3n) is 4.53. The summed E-state index contributed by atoms with van der Waals surface area (Å²) in [6.07, 6.45) is 2.62.